The predicted molar refractivity (Wildman–Crippen MR) is 141 cm³/mol. The number of rotatable bonds is 6. The number of nitrogens with zero attached hydrogens (tertiary/aromatic N) is 4. The Labute approximate surface area is 202 Å². The average molecular weight is 451 g/mol. The first-order chi connectivity index (χ1) is 16.8. The predicted octanol–water partition coefficient (Wildman–Crippen LogP) is 5.25. The molecule has 0 bridgehead atoms. The van der Waals surface area contributed by atoms with Crippen LogP contribution in [0.25, 0.3) is 10.9 Å². The number of aromatic nitrogens is 2. The molecule has 0 unspecified atom stereocenters. The number of para-hydroxylation sites is 1. The highest BCUT2D eigenvalue weighted by Gasteiger charge is 2.23. The van der Waals surface area contributed by atoms with Gasteiger partial charge in [0.05, 0.1) is 5.52 Å². The minimum atomic E-state index is 1.02. The molecule has 1 saturated heterocycles. The molecule has 2 aliphatic rings. The number of anilines is 1. The van der Waals surface area contributed by atoms with Gasteiger partial charge in [-0.2, -0.15) is 0 Å². The Balaban J connectivity index is 1.23. The fraction of sp³-hybridized carbons (Fsp3) is 0.367. The van der Waals surface area contributed by atoms with E-state index in [2.05, 4.69) is 86.9 Å². The Morgan fingerprint density at radius 1 is 0.882 bits per heavy atom. The molecule has 0 radical (unpaired) electrons. The van der Waals surface area contributed by atoms with Crippen molar-refractivity contribution in [3.63, 3.8) is 0 Å². The summed E-state index contributed by atoms with van der Waals surface area (Å²) in [5.74, 6) is 1.12. The van der Waals surface area contributed by atoms with Crippen LogP contribution in [0, 0.1) is 6.92 Å². The highest BCUT2D eigenvalue weighted by atomic mass is 15.3. The van der Waals surface area contributed by atoms with Crippen molar-refractivity contribution in [1.82, 2.24) is 14.5 Å². The molecule has 0 spiro atoms. The molecule has 0 atom stereocenters. The van der Waals surface area contributed by atoms with Crippen LogP contribution >= 0.6 is 0 Å². The second-order valence-corrected chi connectivity index (χ2v) is 9.93. The zero-order valence-electron chi connectivity index (χ0n) is 20.2. The lowest BCUT2D eigenvalue weighted by Crippen LogP contribution is -2.47. The molecule has 2 aromatic carbocycles. The first kappa shape index (κ1) is 21.4. The maximum absolute atomic E-state index is 4.60. The molecule has 0 amide bonds. The van der Waals surface area contributed by atoms with Crippen molar-refractivity contribution < 1.29 is 0 Å². The largest absolute Gasteiger partial charge is 0.354 e. The van der Waals surface area contributed by atoms with Gasteiger partial charge in [0.25, 0.3) is 0 Å². The minimum absolute atomic E-state index is 1.02. The van der Waals surface area contributed by atoms with Gasteiger partial charge in [0, 0.05) is 63.0 Å². The van der Waals surface area contributed by atoms with Crippen LogP contribution in [-0.4, -0.2) is 47.2 Å². The molecule has 0 saturated carbocycles. The van der Waals surface area contributed by atoms with Crippen molar-refractivity contribution in [2.75, 3.05) is 37.6 Å². The van der Waals surface area contributed by atoms with Crippen LogP contribution in [-0.2, 0) is 25.8 Å². The Kier molecular flexibility index (Phi) is 5.84. The van der Waals surface area contributed by atoms with Gasteiger partial charge < -0.3 is 9.47 Å². The molecule has 4 nitrogen and oxygen atoms in total. The molecule has 174 valence electrons. The second kappa shape index (κ2) is 9.27. The van der Waals surface area contributed by atoms with Crippen molar-refractivity contribution in [3.8, 4) is 0 Å². The third kappa shape index (κ3) is 4.12. The van der Waals surface area contributed by atoms with E-state index in [1.807, 2.05) is 6.20 Å². The van der Waals surface area contributed by atoms with E-state index in [4.69, 9.17) is 0 Å². The highest BCUT2D eigenvalue weighted by molar-refractivity contribution is 5.89. The summed E-state index contributed by atoms with van der Waals surface area (Å²) in [5.41, 5.74) is 8.84. The molecule has 0 aliphatic carbocycles. The summed E-state index contributed by atoms with van der Waals surface area (Å²) in [6.07, 6.45) is 6.54. The van der Waals surface area contributed by atoms with Crippen molar-refractivity contribution in [3.05, 3.63) is 94.8 Å². The van der Waals surface area contributed by atoms with Gasteiger partial charge in [-0.15, -0.1) is 0 Å². The lowest BCUT2D eigenvalue weighted by molar-refractivity contribution is 0.260. The van der Waals surface area contributed by atoms with Gasteiger partial charge in [0.15, 0.2) is 0 Å². The SMILES string of the molecule is Cc1ccnc(N2CCN(CCc3c(Cc4ccccc4)n4c5c(cccc35)CCC4)CC2)c1. The van der Waals surface area contributed by atoms with E-state index in [1.54, 1.807) is 5.56 Å². The van der Waals surface area contributed by atoms with Crippen LogP contribution in [0.2, 0.25) is 0 Å². The summed E-state index contributed by atoms with van der Waals surface area (Å²) in [4.78, 5) is 9.68. The molecular formula is C30H34N4. The van der Waals surface area contributed by atoms with E-state index < -0.39 is 0 Å². The van der Waals surface area contributed by atoms with Gasteiger partial charge >= 0.3 is 0 Å². The van der Waals surface area contributed by atoms with Crippen LogP contribution in [0.15, 0.2) is 66.9 Å². The van der Waals surface area contributed by atoms with Gasteiger partial charge in [-0.25, -0.2) is 4.98 Å². The minimum Gasteiger partial charge on any atom is -0.354 e. The first-order valence-electron chi connectivity index (χ1n) is 12.8. The Morgan fingerprint density at radius 2 is 1.74 bits per heavy atom. The van der Waals surface area contributed by atoms with Crippen molar-refractivity contribution in [2.45, 2.75) is 39.2 Å². The van der Waals surface area contributed by atoms with Crippen LogP contribution < -0.4 is 4.90 Å². The van der Waals surface area contributed by atoms with E-state index in [0.717, 1.165) is 57.9 Å². The number of hydrogen-bond donors (Lipinski definition) is 0. The molecule has 0 N–H and O–H groups in total. The molecule has 2 aliphatic heterocycles. The highest BCUT2D eigenvalue weighted by Crippen LogP contribution is 2.34. The third-order valence-electron chi connectivity index (χ3n) is 7.71. The Morgan fingerprint density at radius 3 is 2.56 bits per heavy atom. The monoisotopic (exact) mass is 450 g/mol. The van der Waals surface area contributed by atoms with Gasteiger partial charge in [0.2, 0.25) is 0 Å². The quantitative estimate of drug-likeness (QED) is 0.401. The topological polar surface area (TPSA) is 24.3 Å². The standard InChI is InChI=1S/C30H34N4/c1-23-12-14-31-29(21-23)33-19-17-32(18-20-33)16-13-26-27-11-5-9-25-10-6-15-34(30(25)27)28(26)22-24-7-3-2-4-8-24/h2-5,7-9,11-12,14,21H,6,10,13,15-20,22H2,1H3. The number of pyridine rings is 1. The van der Waals surface area contributed by atoms with Crippen molar-refractivity contribution >= 4 is 16.7 Å². The van der Waals surface area contributed by atoms with Gasteiger partial charge in [-0.05, 0) is 60.6 Å². The van der Waals surface area contributed by atoms with Crippen LogP contribution in [0.1, 0.15) is 34.4 Å². The summed E-state index contributed by atoms with van der Waals surface area (Å²) >= 11 is 0. The molecule has 2 aromatic heterocycles. The summed E-state index contributed by atoms with van der Waals surface area (Å²) < 4.78 is 2.65. The Bertz CT molecular complexity index is 1280. The van der Waals surface area contributed by atoms with E-state index in [0.29, 0.717) is 0 Å². The maximum Gasteiger partial charge on any atom is 0.128 e. The average Bonchev–Trinajstić information content (AvgIpc) is 3.18. The molecule has 4 aromatic rings. The lowest BCUT2D eigenvalue weighted by Gasteiger charge is -2.35. The van der Waals surface area contributed by atoms with Crippen LogP contribution in [0.3, 0.4) is 0 Å². The first-order valence-corrected chi connectivity index (χ1v) is 12.8. The van der Waals surface area contributed by atoms with Crippen LogP contribution in [0.5, 0.6) is 0 Å². The van der Waals surface area contributed by atoms with E-state index in [-0.39, 0.29) is 0 Å². The van der Waals surface area contributed by atoms with E-state index in [9.17, 15) is 0 Å². The smallest absolute Gasteiger partial charge is 0.128 e. The summed E-state index contributed by atoms with van der Waals surface area (Å²) in [6.45, 7) is 8.74. The van der Waals surface area contributed by atoms with Crippen LogP contribution in [0.4, 0.5) is 5.82 Å². The maximum atomic E-state index is 4.60. The second-order valence-electron chi connectivity index (χ2n) is 9.93. The molecule has 34 heavy (non-hydrogen) atoms. The summed E-state index contributed by atoms with van der Waals surface area (Å²) in [5, 5.41) is 1.49. The lowest BCUT2D eigenvalue weighted by atomic mass is 10.00. The fourth-order valence-electron chi connectivity index (χ4n) is 5.92. The third-order valence-corrected chi connectivity index (χ3v) is 7.71. The summed E-state index contributed by atoms with van der Waals surface area (Å²) in [7, 11) is 0. The summed E-state index contributed by atoms with van der Waals surface area (Å²) in [6, 6.07) is 22.3. The molecular weight excluding hydrogens is 416 g/mol. The van der Waals surface area contributed by atoms with Gasteiger partial charge in [-0.1, -0.05) is 48.5 Å². The number of aryl methyl sites for hydroxylation is 3. The number of benzene rings is 2. The zero-order valence-corrected chi connectivity index (χ0v) is 20.2. The van der Waals surface area contributed by atoms with Gasteiger partial charge in [0.1, 0.15) is 5.82 Å². The van der Waals surface area contributed by atoms with Crippen molar-refractivity contribution in [1.29, 1.82) is 0 Å². The number of hydrogen-bond acceptors (Lipinski definition) is 3. The number of piperazine rings is 1. The molecule has 4 heteroatoms. The fourth-order valence-corrected chi connectivity index (χ4v) is 5.92. The zero-order chi connectivity index (χ0) is 22.9. The van der Waals surface area contributed by atoms with E-state index in [1.165, 1.54) is 46.1 Å². The normalized spacial score (nSPS) is 16.3. The molecule has 1 fully saturated rings. The Hall–Kier alpha value is -3.11. The molecule has 4 heterocycles. The van der Waals surface area contributed by atoms with Crippen molar-refractivity contribution in [2.24, 2.45) is 0 Å². The van der Waals surface area contributed by atoms with E-state index >= 15 is 0 Å². The molecule has 6 rings (SSSR count). The van der Waals surface area contributed by atoms with Gasteiger partial charge in [-0.3, -0.25) is 4.90 Å².